The maximum Gasteiger partial charge on any atom is 0.258 e. The Morgan fingerprint density at radius 1 is 0.578 bits per heavy atom. The van der Waals surface area contributed by atoms with Crippen molar-refractivity contribution < 1.29 is 33.5 Å². The van der Waals surface area contributed by atoms with Crippen LogP contribution in [-0.4, -0.2) is 52.8 Å². The summed E-state index contributed by atoms with van der Waals surface area (Å²) >= 11 is 30.7. The zero-order chi connectivity index (χ0) is 46.5. The normalized spacial score (nSPS) is 12.6. The topological polar surface area (TPSA) is 209 Å². The predicted octanol–water partition coefficient (Wildman–Crippen LogP) is 11.3. The van der Waals surface area contributed by atoms with Crippen LogP contribution >= 0.6 is 58.0 Å². The van der Waals surface area contributed by atoms with Gasteiger partial charge in [-0.05, 0) is 92.6 Å². The number of ketones is 2. The third-order valence-electron chi connectivity index (χ3n) is 8.75. The van der Waals surface area contributed by atoms with Crippen LogP contribution in [0, 0.1) is 0 Å². The minimum Gasteiger partial charge on any atom is -0.473 e. The van der Waals surface area contributed by atoms with Gasteiger partial charge in [0.25, 0.3) is 23.6 Å². The molecule has 3 atom stereocenters. The second-order valence-electron chi connectivity index (χ2n) is 13.7. The number of para-hydroxylation sites is 2. The Hall–Kier alpha value is -6.23. The van der Waals surface area contributed by atoms with Gasteiger partial charge in [0.2, 0.25) is 12.1 Å². The summed E-state index contributed by atoms with van der Waals surface area (Å²) in [6.07, 6.45) is 0. The van der Waals surface area contributed by atoms with Crippen LogP contribution in [0.3, 0.4) is 0 Å². The Morgan fingerprint density at radius 2 is 1.03 bits per heavy atom. The quantitative estimate of drug-likeness (QED) is 0.0379. The Balaban J connectivity index is 1.30. The van der Waals surface area contributed by atoms with E-state index in [1.807, 2.05) is 0 Å². The average molecular weight is 967 g/mol. The number of hydrogen-bond acceptors (Lipinski definition) is 11. The molecule has 330 valence electrons. The number of amides is 4. The molecule has 0 aliphatic carbocycles. The number of nitrogens with one attached hydrogen (secondary N) is 4. The van der Waals surface area contributed by atoms with Crippen molar-refractivity contribution in [2.24, 2.45) is 20.5 Å². The molecule has 0 fully saturated rings. The lowest BCUT2D eigenvalue weighted by Gasteiger charge is -2.17. The molecule has 5 rings (SSSR count). The Labute approximate surface area is 391 Å². The van der Waals surface area contributed by atoms with Gasteiger partial charge in [0.05, 0.1) is 17.1 Å². The lowest BCUT2D eigenvalue weighted by atomic mass is 10.1. The fourth-order valence-electron chi connectivity index (χ4n) is 5.71. The van der Waals surface area contributed by atoms with Crippen LogP contribution in [0.1, 0.15) is 52.6 Å². The number of carbonyl (C=O) groups excluding carboxylic acids is 6. The second kappa shape index (κ2) is 22.9. The highest BCUT2D eigenvalue weighted by Gasteiger charge is 2.27. The van der Waals surface area contributed by atoms with Crippen LogP contribution in [0.25, 0.3) is 0 Å². The van der Waals surface area contributed by atoms with E-state index in [1.165, 1.54) is 61.5 Å². The zero-order valence-corrected chi connectivity index (χ0v) is 37.8. The lowest BCUT2D eigenvalue weighted by molar-refractivity contribution is -0.127. The molecule has 5 aromatic rings. The first-order valence-corrected chi connectivity index (χ1v) is 21.2. The van der Waals surface area contributed by atoms with Crippen molar-refractivity contribution in [3.8, 4) is 5.75 Å². The highest BCUT2D eigenvalue weighted by Crippen LogP contribution is 2.32. The lowest BCUT2D eigenvalue weighted by Crippen LogP contribution is -2.32. The van der Waals surface area contributed by atoms with E-state index < -0.39 is 52.8 Å². The van der Waals surface area contributed by atoms with Crippen molar-refractivity contribution in [3.63, 3.8) is 0 Å². The molecule has 0 saturated heterocycles. The molecule has 20 heteroatoms. The molecule has 0 aliphatic heterocycles. The number of benzene rings is 5. The predicted molar refractivity (Wildman–Crippen MR) is 248 cm³/mol. The van der Waals surface area contributed by atoms with Gasteiger partial charge >= 0.3 is 0 Å². The standard InChI is InChI=1S/C44H37Cl5N8O7/c1-23(58)39(56-54-33-16-28(14-30(48)18-33)41(60)51-35-10-6-4-8-26(35)21-45)43(62)50-32-12-13-37(38(20-32)64-25(3)47)53-44(63)40(24(2)59)57-55-34-17-29(15-31(49)19-34)42(61)52-36-11-7-5-9-27(36)22-46/h4-20,25,39-40H,21-22H2,1-3H3,(H,50,62)(H,51,60)(H,52,61)(H,53,63). The van der Waals surface area contributed by atoms with E-state index in [2.05, 4.69) is 41.7 Å². The van der Waals surface area contributed by atoms with Crippen molar-refractivity contribution in [3.05, 3.63) is 135 Å². The van der Waals surface area contributed by atoms with Crippen LogP contribution in [0.4, 0.5) is 34.1 Å². The minimum absolute atomic E-state index is 0.0330. The number of azo groups is 2. The van der Waals surface area contributed by atoms with Crippen molar-refractivity contribution in [2.75, 3.05) is 21.3 Å². The number of nitrogens with zero attached hydrogens (tertiary/aromatic N) is 4. The third kappa shape index (κ3) is 13.6. The fraction of sp³-hybridized carbons (Fsp3) is 0.182. The molecule has 0 spiro atoms. The Morgan fingerprint density at radius 3 is 1.47 bits per heavy atom. The Bertz CT molecular complexity index is 2660. The number of hydrogen-bond donors (Lipinski definition) is 4. The van der Waals surface area contributed by atoms with Crippen molar-refractivity contribution in [2.45, 2.75) is 50.2 Å². The second-order valence-corrected chi connectivity index (χ2v) is 15.7. The summed E-state index contributed by atoms with van der Waals surface area (Å²) in [6.45, 7) is 3.78. The molecular weight excluding hydrogens is 930 g/mol. The van der Waals surface area contributed by atoms with E-state index in [9.17, 15) is 28.8 Å². The summed E-state index contributed by atoms with van der Waals surface area (Å²) in [5.41, 5.74) is 2.02. The molecule has 0 saturated carbocycles. The van der Waals surface area contributed by atoms with E-state index in [4.69, 9.17) is 62.7 Å². The summed E-state index contributed by atoms with van der Waals surface area (Å²) in [5.74, 6) is -3.85. The summed E-state index contributed by atoms with van der Waals surface area (Å²) in [5, 5.41) is 26.9. The molecule has 3 unspecified atom stereocenters. The van der Waals surface area contributed by atoms with E-state index in [-0.39, 0.29) is 61.4 Å². The first-order chi connectivity index (χ1) is 30.5. The van der Waals surface area contributed by atoms with Crippen molar-refractivity contribution >= 4 is 127 Å². The van der Waals surface area contributed by atoms with E-state index in [0.29, 0.717) is 22.5 Å². The van der Waals surface area contributed by atoms with Crippen LogP contribution in [0.5, 0.6) is 5.75 Å². The van der Waals surface area contributed by atoms with Gasteiger partial charge in [-0.25, -0.2) is 0 Å². The highest BCUT2D eigenvalue weighted by molar-refractivity contribution is 6.32. The molecule has 0 aromatic heterocycles. The first-order valence-electron chi connectivity index (χ1n) is 19.0. The fourth-order valence-corrected chi connectivity index (χ4v) is 6.73. The van der Waals surface area contributed by atoms with Gasteiger partial charge in [0, 0.05) is 56.1 Å². The third-order valence-corrected chi connectivity index (χ3v) is 9.85. The Kier molecular flexibility index (Phi) is 17.5. The maximum atomic E-state index is 13.5. The van der Waals surface area contributed by atoms with Gasteiger partial charge in [-0.15, -0.1) is 23.2 Å². The number of rotatable bonds is 18. The molecular formula is C44H37Cl5N8O7. The summed E-state index contributed by atoms with van der Waals surface area (Å²) in [7, 11) is 0. The zero-order valence-electron chi connectivity index (χ0n) is 34.0. The minimum atomic E-state index is -1.66. The molecule has 4 N–H and O–H groups in total. The van der Waals surface area contributed by atoms with Gasteiger partial charge in [0.15, 0.2) is 17.1 Å². The summed E-state index contributed by atoms with van der Waals surface area (Å²) in [6, 6.07) is 23.1. The molecule has 0 bridgehead atoms. The van der Waals surface area contributed by atoms with Crippen LogP contribution in [0.15, 0.2) is 124 Å². The number of carbonyl (C=O) groups is 6. The maximum absolute atomic E-state index is 13.5. The van der Waals surface area contributed by atoms with E-state index in [0.717, 1.165) is 13.8 Å². The number of Topliss-reactive ketones (excluding diaryl/α,β-unsaturated/α-hetero) is 2. The average Bonchev–Trinajstić information content (AvgIpc) is 3.24. The van der Waals surface area contributed by atoms with Gasteiger partial charge in [-0.3, -0.25) is 28.8 Å². The number of halogens is 5. The number of ether oxygens (including phenoxy) is 1. The molecule has 5 aromatic carbocycles. The SMILES string of the molecule is CC(=O)C(N=Nc1cc(Cl)cc(C(=O)Nc2ccccc2CCl)c1)C(=O)Nc1ccc(NC(=O)C(N=Nc2cc(Cl)cc(C(=O)Nc3ccccc3CCl)c2)C(C)=O)c(OC(C)Cl)c1. The smallest absolute Gasteiger partial charge is 0.258 e. The van der Waals surface area contributed by atoms with Crippen molar-refractivity contribution in [1.82, 2.24) is 0 Å². The molecule has 4 amide bonds. The largest absolute Gasteiger partial charge is 0.473 e. The van der Waals surface area contributed by atoms with Gasteiger partial charge in [0.1, 0.15) is 5.75 Å². The summed E-state index contributed by atoms with van der Waals surface area (Å²) < 4.78 is 5.69. The molecule has 0 aliphatic rings. The van der Waals surface area contributed by atoms with Crippen LogP contribution in [-0.2, 0) is 30.9 Å². The summed E-state index contributed by atoms with van der Waals surface area (Å²) in [4.78, 5) is 78.3. The monoisotopic (exact) mass is 964 g/mol. The number of anilines is 4. The highest BCUT2D eigenvalue weighted by atomic mass is 35.5. The van der Waals surface area contributed by atoms with Gasteiger partial charge in [-0.2, -0.15) is 20.5 Å². The first kappa shape index (κ1) is 48.8. The van der Waals surface area contributed by atoms with Crippen molar-refractivity contribution in [1.29, 1.82) is 0 Å². The van der Waals surface area contributed by atoms with Gasteiger partial charge in [-0.1, -0.05) is 71.2 Å². The molecule has 64 heavy (non-hydrogen) atoms. The van der Waals surface area contributed by atoms with E-state index in [1.54, 1.807) is 48.5 Å². The van der Waals surface area contributed by atoms with Crippen LogP contribution in [0.2, 0.25) is 10.0 Å². The number of alkyl halides is 3. The van der Waals surface area contributed by atoms with E-state index >= 15 is 0 Å². The molecule has 15 nitrogen and oxygen atoms in total. The van der Waals surface area contributed by atoms with Crippen LogP contribution < -0.4 is 26.0 Å². The molecule has 0 heterocycles. The molecule has 0 radical (unpaired) electrons. The van der Waals surface area contributed by atoms with Gasteiger partial charge < -0.3 is 26.0 Å².